The fourth-order valence-electron chi connectivity index (χ4n) is 5.45. The predicted octanol–water partition coefficient (Wildman–Crippen LogP) is 4.61. The van der Waals surface area contributed by atoms with E-state index in [1.807, 2.05) is 0 Å². The van der Waals surface area contributed by atoms with E-state index in [1.54, 1.807) is 0 Å². The number of amides is 2. The lowest BCUT2D eigenvalue weighted by Crippen LogP contribution is -2.43. The summed E-state index contributed by atoms with van der Waals surface area (Å²) in [6, 6.07) is 11.4. The molecular formula is C28H35F2N3O2. The van der Waals surface area contributed by atoms with Crippen molar-refractivity contribution in [3.05, 3.63) is 70.8 Å². The maximum Gasteiger partial charge on any atom is 0.256 e. The highest BCUT2D eigenvalue weighted by Crippen LogP contribution is 2.23. The molecule has 2 atom stereocenters. The van der Waals surface area contributed by atoms with Gasteiger partial charge in [0.2, 0.25) is 5.91 Å². The van der Waals surface area contributed by atoms with Crippen LogP contribution >= 0.6 is 0 Å². The molecule has 0 aromatic heterocycles. The van der Waals surface area contributed by atoms with Gasteiger partial charge in [-0.05, 0) is 54.4 Å². The SMILES string of the molecule is CC1CC(C)CN(Cc2ccc(CNC(=O)C3CCN(C(=O)c4ccc(F)cc4F)CC3)cc2)C1. The van der Waals surface area contributed by atoms with Crippen LogP contribution in [-0.4, -0.2) is 47.8 Å². The van der Waals surface area contributed by atoms with Crippen molar-refractivity contribution in [1.82, 2.24) is 15.1 Å². The number of nitrogens with one attached hydrogen (secondary N) is 1. The van der Waals surface area contributed by atoms with Gasteiger partial charge in [-0.3, -0.25) is 14.5 Å². The highest BCUT2D eigenvalue weighted by atomic mass is 19.1. The first-order valence-corrected chi connectivity index (χ1v) is 12.6. The Morgan fingerprint density at radius 2 is 1.57 bits per heavy atom. The summed E-state index contributed by atoms with van der Waals surface area (Å²) >= 11 is 0. The first kappa shape index (κ1) is 25.3. The molecule has 2 aromatic rings. The maximum atomic E-state index is 13.9. The van der Waals surface area contributed by atoms with Crippen LogP contribution in [0.15, 0.2) is 42.5 Å². The van der Waals surface area contributed by atoms with Crippen LogP contribution in [0.2, 0.25) is 0 Å². The van der Waals surface area contributed by atoms with Gasteiger partial charge in [0.1, 0.15) is 11.6 Å². The van der Waals surface area contributed by atoms with Gasteiger partial charge < -0.3 is 10.2 Å². The number of halogens is 2. The molecule has 35 heavy (non-hydrogen) atoms. The second-order valence-electron chi connectivity index (χ2n) is 10.4. The number of carbonyl (C=O) groups excluding carboxylic acids is 2. The monoisotopic (exact) mass is 483 g/mol. The molecule has 2 heterocycles. The number of benzene rings is 2. The van der Waals surface area contributed by atoms with E-state index in [2.05, 4.69) is 48.3 Å². The number of rotatable bonds is 6. The minimum Gasteiger partial charge on any atom is -0.352 e. The van der Waals surface area contributed by atoms with Crippen LogP contribution < -0.4 is 5.32 Å². The van der Waals surface area contributed by atoms with Crippen LogP contribution in [0, 0.1) is 29.4 Å². The molecule has 2 aliphatic heterocycles. The Balaban J connectivity index is 1.22. The molecule has 2 fully saturated rings. The Bertz CT molecular complexity index is 1020. The average molecular weight is 484 g/mol. The van der Waals surface area contributed by atoms with Gasteiger partial charge in [-0.25, -0.2) is 8.78 Å². The third-order valence-electron chi connectivity index (χ3n) is 7.15. The number of likely N-dealkylation sites (tertiary alicyclic amines) is 2. The third kappa shape index (κ3) is 6.66. The second-order valence-corrected chi connectivity index (χ2v) is 10.4. The van der Waals surface area contributed by atoms with Crippen molar-refractivity contribution in [3.8, 4) is 0 Å². The molecule has 7 heteroatoms. The molecule has 188 valence electrons. The van der Waals surface area contributed by atoms with Gasteiger partial charge in [0.25, 0.3) is 5.91 Å². The molecule has 1 N–H and O–H groups in total. The largest absolute Gasteiger partial charge is 0.352 e. The Morgan fingerprint density at radius 1 is 0.943 bits per heavy atom. The second kappa shape index (κ2) is 11.3. The fourth-order valence-corrected chi connectivity index (χ4v) is 5.45. The number of hydrogen-bond acceptors (Lipinski definition) is 3. The number of hydrogen-bond donors (Lipinski definition) is 1. The van der Waals surface area contributed by atoms with Gasteiger partial charge in [0, 0.05) is 51.3 Å². The molecule has 2 aliphatic rings. The molecule has 0 radical (unpaired) electrons. The summed E-state index contributed by atoms with van der Waals surface area (Å²) in [5.41, 5.74) is 2.21. The van der Waals surface area contributed by atoms with E-state index in [-0.39, 0.29) is 17.4 Å². The molecule has 2 unspecified atom stereocenters. The summed E-state index contributed by atoms with van der Waals surface area (Å²) in [4.78, 5) is 29.3. The van der Waals surface area contributed by atoms with Crippen LogP contribution in [0.1, 0.15) is 54.6 Å². The van der Waals surface area contributed by atoms with Gasteiger partial charge in [0.05, 0.1) is 5.56 Å². The molecule has 2 aromatic carbocycles. The maximum absolute atomic E-state index is 13.9. The summed E-state index contributed by atoms with van der Waals surface area (Å²) in [6.45, 7) is 9.10. The molecular weight excluding hydrogens is 448 g/mol. The van der Waals surface area contributed by atoms with Crippen molar-refractivity contribution in [2.24, 2.45) is 17.8 Å². The van der Waals surface area contributed by atoms with Crippen LogP contribution in [0.5, 0.6) is 0 Å². The normalized spacial score (nSPS) is 21.7. The quantitative estimate of drug-likeness (QED) is 0.653. The fraction of sp³-hybridized carbons (Fsp3) is 0.500. The molecule has 2 amide bonds. The van der Waals surface area contributed by atoms with E-state index >= 15 is 0 Å². The van der Waals surface area contributed by atoms with Gasteiger partial charge in [-0.1, -0.05) is 38.1 Å². The molecule has 0 spiro atoms. The van der Waals surface area contributed by atoms with Gasteiger partial charge in [0.15, 0.2) is 0 Å². The van der Waals surface area contributed by atoms with E-state index in [9.17, 15) is 18.4 Å². The average Bonchev–Trinajstić information content (AvgIpc) is 2.82. The summed E-state index contributed by atoms with van der Waals surface area (Å²) in [5, 5.41) is 3.02. The van der Waals surface area contributed by atoms with Gasteiger partial charge in [-0.2, -0.15) is 0 Å². The summed E-state index contributed by atoms with van der Waals surface area (Å²) in [6.07, 6.45) is 2.34. The van der Waals surface area contributed by atoms with Crippen LogP contribution in [0.4, 0.5) is 8.78 Å². The van der Waals surface area contributed by atoms with E-state index in [4.69, 9.17) is 0 Å². The zero-order chi connectivity index (χ0) is 24.9. The van der Waals surface area contributed by atoms with Crippen molar-refractivity contribution in [2.75, 3.05) is 26.2 Å². The molecule has 0 bridgehead atoms. The van der Waals surface area contributed by atoms with Crippen LogP contribution in [0.3, 0.4) is 0 Å². The number of piperidine rings is 2. The summed E-state index contributed by atoms with van der Waals surface area (Å²) in [5.74, 6) is -0.763. The standard InChI is InChI=1S/C28H35F2N3O2/c1-19-13-20(2)17-32(16-19)18-22-5-3-21(4-6-22)15-31-27(34)23-9-11-33(12-10-23)28(35)25-8-7-24(29)14-26(25)30/h3-8,14,19-20,23H,9-13,15-18H2,1-2H3,(H,31,34). The number of carbonyl (C=O) groups is 2. The zero-order valence-electron chi connectivity index (χ0n) is 20.6. The minimum atomic E-state index is -0.860. The molecule has 2 saturated heterocycles. The Morgan fingerprint density at radius 3 is 2.20 bits per heavy atom. The lowest BCUT2D eigenvalue weighted by Gasteiger charge is -2.35. The Labute approximate surface area is 206 Å². The smallest absolute Gasteiger partial charge is 0.256 e. The summed E-state index contributed by atoms with van der Waals surface area (Å²) < 4.78 is 27.1. The van der Waals surface area contributed by atoms with Crippen molar-refractivity contribution in [2.45, 2.75) is 46.2 Å². The lowest BCUT2D eigenvalue weighted by atomic mass is 9.91. The van der Waals surface area contributed by atoms with Crippen molar-refractivity contribution < 1.29 is 18.4 Å². The van der Waals surface area contributed by atoms with E-state index in [1.165, 1.54) is 23.0 Å². The van der Waals surface area contributed by atoms with Crippen molar-refractivity contribution in [3.63, 3.8) is 0 Å². The Hall–Kier alpha value is -2.80. The zero-order valence-corrected chi connectivity index (χ0v) is 20.6. The van der Waals surface area contributed by atoms with E-state index in [0.29, 0.717) is 38.5 Å². The van der Waals surface area contributed by atoms with E-state index < -0.39 is 17.5 Å². The van der Waals surface area contributed by atoms with Gasteiger partial charge in [-0.15, -0.1) is 0 Å². The first-order chi connectivity index (χ1) is 16.8. The predicted molar refractivity (Wildman–Crippen MR) is 131 cm³/mol. The molecule has 0 aliphatic carbocycles. The van der Waals surface area contributed by atoms with E-state index in [0.717, 1.165) is 43.1 Å². The molecule has 0 saturated carbocycles. The van der Waals surface area contributed by atoms with Crippen LogP contribution in [-0.2, 0) is 17.9 Å². The first-order valence-electron chi connectivity index (χ1n) is 12.6. The van der Waals surface area contributed by atoms with Crippen LogP contribution in [0.25, 0.3) is 0 Å². The van der Waals surface area contributed by atoms with Gasteiger partial charge >= 0.3 is 0 Å². The highest BCUT2D eigenvalue weighted by molar-refractivity contribution is 5.94. The number of nitrogens with zero attached hydrogens (tertiary/aromatic N) is 2. The van der Waals surface area contributed by atoms with Crippen molar-refractivity contribution >= 4 is 11.8 Å². The topological polar surface area (TPSA) is 52.7 Å². The summed E-state index contributed by atoms with van der Waals surface area (Å²) in [7, 11) is 0. The van der Waals surface area contributed by atoms with Crippen molar-refractivity contribution in [1.29, 1.82) is 0 Å². The highest BCUT2D eigenvalue weighted by Gasteiger charge is 2.29. The third-order valence-corrected chi connectivity index (χ3v) is 7.15. The lowest BCUT2D eigenvalue weighted by molar-refractivity contribution is -0.126. The minimum absolute atomic E-state index is 0.0227. The molecule has 5 nitrogen and oxygen atoms in total. The molecule has 4 rings (SSSR count). The Kier molecular flexibility index (Phi) is 8.16.